The molecule has 0 spiro atoms. The van der Waals surface area contributed by atoms with Gasteiger partial charge in [-0.25, -0.2) is 13.4 Å². The van der Waals surface area contributed by atoms with Crippen LogP contribution in [0, 0.1) is 0 Å². The Morgan fingerprint density at radius 1 is 1.17 bits per heavy atom. The molecule has 0 amide bonds. The van der Waals surface area contributed by atoms with Gasteiger partial charge in [0.2, 0.25) is 0 Å². The van der Waals surface area contributed by atoms with Crippen molar-refractivity contribution in [3.8, 4) is 11.5 Å². The van der Waals surface area contributed by atoms with Crippen molar-refractivity contribution in [2.45, 2.75) is 0 Å². The third-order valence-electron chi connectivity index (χ3n) is 3.39. The molecule has 0 bridgehead atoms. The van der Waals surface area contributed by atoms with E-state index < -0.39 is 9.84 Å². The number of thioether (sulfide) groups is 1. The molecule has 1 heterocycles. The van der Waals surface area contributed by atoms with Gasteiger partial charge in [0.15, 0.2) is 26.5 Å². The van der Waals surface area contributed by atoms with Crippen molar-refractivity contribution in [3.63, 3.8) is 0 Å². The topological polar surface area (TPSA) is 68.2 Å². The van der Waals surface area contributed by atoms with Crippen molar-refractivity contribution in [1.29, 1.82) is 0 Å². The van der Waals surface area contributed by atoms with E-state index in [2.05, 4.69) is 4.99 Å². The fourth-order valence-corrected chi connectivity index (χ4v) is 3.99. The standard InChI is InChI=1S/C14H20N2O4S2.HI/c1-19-12-5-4-11(10-13(12)20-2)15-14(21-3)16-6-8-22(17,18)9-7-16;/h4-5,10H,6-9H2,1-3H3;1H. The summed E-state index contributed by atoms with van der Waals surface area (Å²) in [5, 5.41) is 0.808. The Morgan fingerprint density at radius 2 is 1.78 bits per heavy atom. The zero-order chi connectivity index (χ0) is 16.2. The van der Waals surface area contributed by atoms with E-state index in [9.17, 15) is 8.42 Å². The van der Waals surface area contributed by atoms with Gasteiger partial charge in [0, 0.05) is 19.2 Å². The summed E-state index contributed by atoms with van der Waals surface area (Å²) in [5.74, 6) is 1.62. The van der Waals surface area contributed by atoms with Crippen LogP contribution in [0.25, 0.3) is 0 Å². The van der Waals surface area contributed by atoms with E-state index in [1.165, 1.54) is 11.8 Å². The maximum Gasteiger partial charge on any atom is 0.164 e. The number of hydrogen-bond acceptors (Lipinski definition) is 6. The number of hydrogen-bond donors (Lipinski definition) is 0. The van der Waals surface area contributed by atoms with Crippen molar-refractivity contribution in [2.75, 3.05) is 45.1 Å². The molecule has 9 heteroatoms. The quantitative estimate of drug-likeness (QED) is 0.383. The van der Waals surface area contributed by atoms with E-state index in [0.717, 1.165) is 10.9 Å². The van der Waals surface area contributed by atoms with Gasteiger partial charge < -0.3 is 14.4 Å². The van der Waals surface area contributed by atoms with E-state index in [1.54, 1.807) is 26.4 Å². The molecular weight excluding hydrogens is 451 g/mol. The van der Waals surface area contributed by atoms with Crippen LogP contribution in [0.4, 0.5) is 5.69 Å². The van der Waals surface area contributed by atoms with Gasteiger partial charge in [0.1, 0.15) is 0 Å². The van der Waals surface area contributed by atoms with Gasteiger partial charge in [-0.05, 0) is 18.4 Å². The van der Waals surface area contributed by atoms with Crippen molar-refractivity contribution < 1.29 is 17.9 Å². The molecule has 2 rings (SSSR count). The third-order valence-corrected chi connectivity index (χ3v) is 5.71. The summed E-state index contributed by atoms with van der Waals surface area (Å²) < 4.78 is 33.5. The van der Waals surface area contributed by atoms with Crippen LogP contribution in [0.2, 0.25) is 0 Å². The monoisotopic (exact) mass is 472 g/mol. The van der Waals surface area contributed by atoms with Crippen molar-refractivity contribution in [2.24, 2.45) is 4.99 Å². The van der Waals surface area contributed by atoms with Crippen LogP contribution < -0.4 is 9.47 Å². The van der Waals surface area contributed by atoms with Gasteiger partial charge in [-0.1, -0.05) is 11.8 Å². The molecule has 0 radical (unpaired) electrons. The second-order valence-electron chi connectivity index (χ2n) is 4.78. The summed E-state index contributed by atoms with van der Waals surface area (Å²) in [6.07, 6.45) is 1.93. The SMILES string of the molecule is COc1ccc(N=C(SC)N2CCS(=O)(=O)CC2)cc1OC.I. The third kappa shape index (κ3) is 5.42. The highest BCUT2D eigenvalue weighted by molar-refractivity contribution is 14.0. The van der Waals surface area contributed by atoms with Crippen molar-refractivity contribution in [1.82, 2.24) is 4.90 Å². The number of halogens is 1. The first-order valence-corrected chi connectivity index (χ1v) is 9.84. The molecule has 1 aliphatic rings. The summed E-state index contributed by atoms with van der Waals surface area (Å²) in [5.41, 5.74) is 0.746. The van der Waals surface area contributed by atoms with E-state index in [4.69, 9.17) is 9.47 Å². The predicted molar refractivity (Wildman–Crippen MR) is 106 cm³/mol. The Balaban J connectivity index is 0.00000264. The molecule has 0 aromatic heterocycles. The number of ether oxygens (including phenoxy) is 2. The van der Waals surface area contributed by atoms with Crippen LogP contribution in [-0.2, 0) is 9.84 Å². The predicted octanol–water partition coefficient (Wildman–Crippen LogP) is 2.40. The normalized spacial score (nSPS) is 17.3. The fraction of sp³-hybridized carbons (Fsp3) is 0.500. The number of aliphatic imine (C=N–C) groups is 1. The minimum atomic E-state index is -2.89. The summed E-state index contributed by atoms with van der Waals surface area (Å²) in [4.78, 5) is 6.61. The van der Waals surface area contributed by atoms with Crippen LogP contribution in [-0.4, -0.2) is 63.6 Å². The summed E-state index contributed by atoms with van der Waals surface area (Å²) in [7, 11) is 0.273. The number of rotatable bonds is 3. The molecule has 6 nitrogen and oxygen atoms in total. The highest BCUT2D eigenvalue weighted by atomic mass is 127. The summed E-state index contributed by atoms with van der Waals surface area (Å²) in [6, 6.07) is 5.45. The molecule has 0 aliphatic carbocycles. The van der Waals surface area contributed by atoms with E-state index in [1.807, 2.05) is 17.2 Å². The molecule has 1 saturated heterocycles. The summed E-state index contributed by atoms with van der Waals surface area (Å²) in [6.45, 7) is 0.963. The average Bonchev–Trinajstić information content (AvgIpc) is 2.52. The first-order valence-electron chi connectivity index (χ1n) is 6.79. The fourth-order valence-electron chi connectivity index (χ4n) is 2.15. The Bertz CT molecular complexity index is 651. The average molecular weight is 472 g/mol. The highest BCUT2D eigenvalue weighted by Gasteiger charge is 2.23. The minimum Gasteiger partial charge on any atom is -0.493 e. The summed E-state index contributed by atoms with van der Waals surface area (Å²) >= 11 is 1.50. The Kier molecular flexibility index (Phi) is 7.95. The van der Waals surface area contributed by atoms with E-state index in [-0.39, 0.29) is 35.5 Å². The Morgan fingerprint density at radius 3 is 2.30 bits per heavy atom. The van der Waals surface area contributed by atoms with Crippen molar-refractivity contribution in [3.05, 3.63) is 18.2 Å². The van der Waals surface area contributed by atoms with Gasteiger partial charge in [-0.2, -0.15) is 0 Å². The van der Waals surface area contributed by atoms with Crippen LogP contribution in [0.1, 0.15) is 0 Å². The zero-order valence-electron chi connectivity index (χ0n) is 13.3. The van der Waals surface area contributed by atoms with Gasteiger partial charge in [0.25, 0.3) is 0 Å². The van der Waals surface area contributed by atoms with Crippen LogP contribution in [0.15, 0.2) is 23.2 Å². The highest BCUT2D eigenvalue weighted by Crippen LogP contribution is 2.31. The zero-order valence-corrected chi connectivity index (χ0v) is 17.3. The van der Waals surface area contributed by atoms with Gasteiger partial charge in [0.05, 0.1) is 31.4 Å². The molecule has 0 N–H and O–H groups in total. The lowest BCUT2D eigenvalue weighted by Gasteiger charge is -2.28. The molecule has 0 saturated carbocycles. The van der Waals surface area contributed by atoms with Gasteiger partial charge in [-0.3, -0.25) is 0 Å². The lowest BCUT2D eigenvalue weighted by Crippen LogP contribution is -2.42. The smallest absolute Gasteiger partial charge is 0.164 e. The van der Waals surface area contributed by atoms with Crippen LogP contribution >= 0.6 is 35.7 Å². The van der Waals surface area contributed by atoms with E-state index in [0.29, 0.717) is 24.6 Å². The first-order chi connectivity index (χ1) is 10.5. The number of sulfone groups is 1. The molecule has 1 aromatic carbocycles. The molecule has 0 unspecified atom stereocenters. The lowest BCUT2D eigenvalue weighted by molar-refractivity contribution is 0.355. The van der Waals surface area contributed by atoms with Crippen molar-refractivity contribution >= 4 is 56.4 Å². The number of nitrogens with zero attached hydrogens (tertiary/aromatic N) is 2. The largest absolute Gasteiger partial charge is 0.493 e. The van der Waals surface area contributed by atoms with Crippen LogP contribution in [0.5, 0.6) is 11.5 Å². The molecule has 1 aromatic rings. The van der Waals surface area contributed by atoms with Gasteiger partial charge >= 0.3 is 0 Å². The molecular formula is C14H21IN2O4S2. The first kappa shape index (κ1) is 20.4. The second-order valence-corrected chi connectivity index (χ2v) is 7.85. The molecule has 1 fully saturated rings. The maximum atomic E-state index is 11.5. The van der Waals surface area contributed by atoms with Gasteiger partial charge in [-0.15, -0.1) is 24.0 Å². The molecule has 130 valence electrons. The second kappa shape index (κ2) is 8.97. The Labute approximate surface area is 158 Å². The number of methoxy groups -OCH3 is 2. The maximum absolute atomic E-state index is 11.5. The Hall–Kier alpha value is -0.680. The number of benzene rings is 1. The van der Waals surface area contributed by atoms with Crippen LogP contribution in [0.3, 0.4) is 0 Å². The number of amidine groups is 1. The molecule has 1 aliphatic heterocycles. The van der Waals surface area contributed by atoms with E-state index >= 15 is 0 Å². The lowest BCUT2D eigenvalue weighted by atomic mass is 10.3. The minimum absolute atomic E-state index is 0. The molecule has 0 atom stereocenters. The molecule has 23 heavy (non-hydrogen) atoms.